The number of Topliss-reactive ketones (excluding diaryl/α,β-unsaturated/α-hetero) is 1. The minimum atomic E-state index is -0.646. The van der Waals surface area contributed by atoms with Crippen LogP contribution in [0.1, 0.15) is 65.4 Å². The molecule has 0 unspecified atom stereocenters. The molecule has 2 aromatic rings. The van der Waals surface area contributed by atoms with Crippen LogP contribution >= 0.6 is 11.8 Å². The van der Waals surface area contributed by atoms with E-state index in [4.69, 9.17) is 9.84 Å². The lowest BCUT2D eigenvalue weighted by Crippen LogP contribution is -2.47. The van der Waals surface area contributed by atoms with Crippen LogP contribution in [-0.2, 0) is 19.1 Å². The van der Waals surface area contributed by atoms with Crippen LogP contribution in [0.25, 0.3) is 0 Å². The number of urea groups is 1. The fourth-order valence-electron chi connectivity index (χ4n) is 5.05. The molecular weight excluding hydrogens is 552 g/mol. The van der Waals surface area contributed by atoms with Crippen LogP contribution in [0.5, 0.6) is 0 Å². The van der Waals surface area contributed by atoms with E-state index in [1.807, 2.05) is 51.1 Å². The van der Waals surface area contributed by atoms with Gasteiger partial charge in [0.15, 0.2) is 5.78 Å². The molecule has 0 aromatic heterocycles. The first-order valence-corrected chi connectivity index (χ1v) is 15.5. The molecule has 4 rings (SSSR count). The zero-order valence-corrected chi connectivity index (χ0v) is 25.7. The Labute approximate surface area is 252 Å². The molecule has 1 saturated carbocycles. The second-order valence-corrected chi connectivity index (χ2v) is 12.7. The number of ether oxygens (including phenoxy) is 1. The minimum absolute atomic E-state index is 0.0895. The SMILES string of the molecule is CCOC(=O)CSc1cccc(NC(=O)CN2N=C(C3CCCCC3)c3ccccc3N(CC(=O)C(C)(C)C)C2=O)c1. The van der Waals surface area contributed by atoms with Gasteiger partial charge in [-0.05, 0) is 44.0 Å². The molecule has 42 heavy (non-hydrogen) atoms. The number of nitrogens with one attached hydrogen (secondary N) is 1. The molecule has 10 heteroatoms. The van der Waals surface area contributed by atoms with Crippen LogP contribution in [0.2, 0.25) is 0 Å². The summed E-state index contributed by atoms with van der Waals surface area (Å²) in [6.07, 6.45) is 5.24. The maximum atomic E-state index is 14.0. The maximum absolute atomic E-state index is 14.0. The van der Waals surface area contributed by atoms with Gasteiger partial charge in [-0.25, -0.2) is 9.80 Å². The summed E-state index contributed by atoms with van der Waals surface area (Å²) < 4.78 is 4.99. The lowest BCUT2D eigenvalue weighted by molar-refractivity contribution is -0.139. The Bertz CT molecular complexity index is 1350. The normalized spacial score (nSPS) is 15.9. The predicted octanol–water partition coefficient (Wildman–Crippen LogP) is 6.12. The number of benzene rings is 2. The van der Waals surface area contributed by atoms with E-state index in [0.717, 1.165) is 41.9 Å². The number of amides is 3. The zero-order chi connectivity index (χ0) is 30.3. The van der Waals surface area contributed by atoms with E-state index < -0.39 is 17.4 Å². The average Bonchev–Trinajstić information content (AvgIpc) is 3.07. The fourth-order valence-corrected chi connectivity index (χ4v) is 5.81. The average molecular weight is 593 g/mol. The number of rotatable bonds is 10. The fraction of sp³-hybridized carbons (Fsp3) is 0.469. The highest BCUT2D eigenvalue weighted by Gasteiger charge is 2.36. The molecule has 1 heterocycles. The highest BCUT2D eigenvalue weighted by molar-refractivity contribution is 8.00. The molecule has 2 aliphatic rings. The van der Waals surface area contributed by atoms with Crippen molar-refractivity contribution in [3.8, 4) is 0 Å². The quantitative estimate of drug-likeness (QED) is 0.263. The van der Waals surface area contributed by atoms with E-state index in [-0.39, 0.29) is 36.5 Å². The number of anilines is 2. The van der Waals surface area contributed by atoms with E-state index in [1.54, 1.807) is 25.1 Å². The van der Waals surface area contributed by atoms with Gasteiger partial charge < -0.3 is 10.1 Å². The van der Waals surface area contributed by atoms with Crippen LogP contribution in [0.15, 0.2) is 58.5 Å². The van der Waals surface area contributed by atoms with Crippen molar-refractivity contribution < 1.29 is 23.9 Å². The number of carbonyl (C=O) groups is 4. The molecule has 0 saturated heterocycles. The number of ketones is 1. The van der Waals surface area contributed by atoms with Gasteiger partial charge in [-0.3, -0.25) is 19.3 Å². The summed E-state index contributed by atoms with van der Waals surface area (Å²) in [7, 11) is 0. The lowest BCUT2D eigenvalue weighted by atomic mass is 9.83. The molecule has 0 atom stereocenters. The molecule has 1 fully saturated rings. The second-order valence-electron chi connectivity index (χ2n) is 11.6. The first-order valence-electron chi connectivity index (χ1n) is 14.6. The largest absolute Gasteiger partial charge is 0.465 e. The third-order valence-corrected chi connectivity index (χ3v) is 8.32. The van der Waals surface area contributed by atoms with Gasteiger partial charge in [0.2, 0.25) is 5.91 Å². The summed E-state index contributed by atoms with van der Waals surface area (Å²) in [5.74, 6) is -0.497. The number of fused-ring (bicyclic) bond motifs is 1. The Balaban J connectivity index is 1.60. The van der Waals surface area contributed by atoms with Gasteiger partial charge >= 0.3 is 12.0 Å². The summed E-state index contributed by atoms with van der Waals surface area (Å²) in [6, 6.07) is 14.2. The van der Waals surface area contributed by atoms with Gasteiger partial charge in [0, 0.05) is 27.5 Å². The van der Waals surface area contributed by atoms with E-state index >= 15 is 0 Å². The predicted molar refractivity (Wildman–Crippen MR) is 166 cm³/mol. The van der Waals surface area contributed by atoms with Gasteiger partial charge in [0.25, 0.3) is 0 Å². The van der Waals surface area contributed by atoms with Crippen LogP contribution in [0.3, 0.4) is 0 Å². The van der Waals surface area contributed by atoms with E-state index in [0.29, 0.717) is 18.0 Å². The van der Waals surface area contributed by atoms with E-state index in [2.05, 4.69) is 5.32 Å². The van der Waals surface area contributed by atoms with Gasteiger partial charge in [0.1, 0.15) is 6.54 Å². The highest BCUT2D eigenvalue weighted by atomic mass is 32.2. The number of hydrogen-bond donors (Lipinski definition) is 1. The van der Waals surface area contributed by atoms with Crippen LogP contribution in [-0.4, -0.2) is 59.9 Å². The Morgan fingerprint density at radius 3 is 2.48 bits per heavy atom. The van der Waals surface area contributed by atoms with E-state index in [9.17, 15) is 19.2 Å². The van der Waals surface area contributed by atoms with Crippen molar-refractivity contribution in [2.24, 2.45) is 16.4 Å². The minimum Gasteiger partial charge on any atom is -0.465 e. The molecule has 9 nitrogen and oxygen atoms in total. The zero-order valence-electron chi connectivity index (χ0n) is 24.9. The van der Waals surface area contributed by atoms with Crippen molar-refractivity contribution in [2.45, 2.75) is 64.7 Å². The van der Waals surface area contributed by atoms with Crippen molar-refractivity contribution in [3.63, 3.8) is 0 Å². The first-order chi connectivity index (χ1) is 20.1. The first kappa shape index (κ1) is 31.3. The number of nitrogens with zero attached hydrogens (tertiary/aromatic N) is 3. The molecule has 0 radical (unpaired) electrons. The van der Waals surface area contributed by atoms with Crippen molar-refractivity contribution in [1.82, 2.24) is 5.01 Å². The van der Waals surface area contributed by atoms with Crippen LogP contribution < -0.4 is 10.2 Å². The Kier molecular flexibility index (Phi) is 10.4. The van der Waals surface area contributed by atoms with Gasteiger partial charge in [-0.2, -0.15) is 5.10 Å². The van der Waals surface area contributed by atoms with Gasteiger partial charge in [-0.1, -0.05) is 64.3 Å². The molecule has 0 spiro atoms. The summed E-state index contributed by atoms with van der Waals surface area (Å²) in [4.78, 5) is 54.5. The summed E-state index contributed by atoms with van der Waals surface area (Å²) in [5, 5.41) is 8.90. The van der Waals surface area contributed by atoms with Crippen molar-refractivity contribution >= 4 is 52.5 Å². The van der Waals surface area contributed by atoms with Crippen molar-refractivity contribution in [1.29, 1.82) is 0 Å². The summed E-state index contributed by atoms with van der Waals surface area (Å²) >= 11 is 1.31. The molecule has 2 aromatic carbocycles. The number of carbonyl (C=O) groups excluding carboxylic acids is 4. The third-order valence-electron chi connectivity index (χ3n) is 7.35. The molecular formula is C32H40N4O5S. The van der Waals surface area contributed by atoms with E-state index in [1.165, 1.54) is 28.1 Å². The number of thioether (sulfide) groups is 1. The van der Waals surface area contributed by atoms with Crippen molar-refractivity contribution in [3.05, 3.63) is 54.1 Å². The Morgan fingerprint density at radius 2 is 1.76 bits per heavy atom. The van der Waals surface area contributed by atoms with Crippen molar-refractivity contribution in [2.75, 3.05) is 35.7 Å². The Hall–Kier alpha value is -3.66. The number of hydrogen-bond acceptors (Lipinski definition) is 7. The molecule has 1 aliphatic heterocycles. The monoisotopic (exact) mass is 592 g/mol. The molecule has 1 aliphatic carbocycles. The van der Waals surface area contributed by atoms with Gasteiger partial charge in [0.05, 0.1) is 30.3 Å². The second kappa shape index (κ2) is 14.0. The standard InChI is InChI=1S/C32H40N4O5S/c1-5-41-29(39)21-42-24-15-11-14-23(18-24)33-28(38)20-36-31(40)35(19-27(37)32(2,3)4)26-17-10-9-16-25(26)30(34-36)22-12-7-6-8-13-22/h9-11,14-18,22H,5-8,12-13,19-21H2,1-4H3,(H,33,38). The molecule has 1 N–H and O–H groups in total. The summed E-state index contributed by atoms with van der Waals surface area (Å²) in [5.41, 5.74) is 2.14. The summed E-state index contributed by atoms with van der Waals surface area (Å²) in [6.45, 7) is 7.14. The van der Waals surface area contributed by atoms with Crippen LogP contribution in [0, 0.1) is 11.3 Å². The molecule has 224 valence electrons. The number of para-hydroxylation sites is 1. The lowest BCUT2D eigenvalue weighted by Gasteiger charge is -2.28. The maximum Gasteiger partial charge on any atom is 0.345 e. The van der Waals surface area contributed by atoms with Gasteiger partial charge in [-0.15, -0.1) is 11.8 Å². The highest BCUT2D eigenvalue weighted by Crippen LogP contribution is 2.34. The topological polar surface area (TPSA) is 108 Å². The molecule has 3 amide bonds. The Morgan fingerprint density at radius 1 is 1.02 bits per heavy atom. The number of esters is 1. The smallest absolute Gasteiger partial charge is 0.345 e. The number of hydrazone groups is 1. The molecule has 0 bridgehead atoms. The third kappa shape index (κ3) is 8.00. The van der Waals surface area contributed by atoms with Crippen LogP contribution in [0.4, 0.5) is 16.2 Å².